The van der Waals surface area contributed by atoms with Crippen molar-refractivity contribution in [1.82, 2.24) is 10.5 Å². The number of amides is 1. The molecule has 0 aliphatic carbocycles. The van der Waals surface area contributed by atoms with Crippen molar-refractivity contribution in [3.05, 3.63) is 18.0 Å². The molecular formula is C7H11N3O2. The van der Waals surface area contributed by atoms with Gasteiger partial charge in [0.15, 0.2) is 5.76 Å². The van der Waals surface area contributed by atoms with E-state index in [1.165, 1.54) is 6.20 Å². The Bertz CT molecular complexity index is 233. The normalized spacial score (nSPS) is 9.75. The topological polar surface area (TPSA) is 81.2 Å². The molecule has 0 saturated carbocycles. The molecule has 0 unspecified atom stereocenters. The van der Waals surface area contributed by atoms with Crippen LogP contribution in [-0.4, -0.2) is 17.6 Å². The number of nitrogens with one attached hydrogen (secondary N) is 1. The number of hydrogen-bond donors (Lipinski definition) is 2. The summed E-state index contributed by atoms with van der Waals surface area (Å²) in [4.78, 5) is 10.9. The maximum absolute atomic E-state index is 10.9. The van der Waals surface area contributed by atoms with Crippen LogP contribution >= 0.6 is 0 Å². The SMILES string of the molecule is NCCC(=O)NCc1ccno1. The van der Waals surface area contributed by atoms with Gasteiger partial charge >= 0.3 is 0 Å². The van der Waals surface area contributed by atoms with Gasteiger partial charge in [0.05, 0.1) is 12.7 Å². The van der Waals surface area contributed by atoms with Crippen LogP contribution in [0.1, 0.15) is 12.2 Å². The van der Waals surface area contributed by atoms with Gasteiger partial charge in [0.2, 0.25) is 5.91 Å². The van der Waals surface area contributed by atoms with Crippen molar-refractivity contribution < 1.29 is 9.32 Å². The first-order valence-corrected chi connectivity index (χ1v) is 3.69. The van der Waals surface area contributed by atoms with Gasteiger partial charge in [-0.05, 0) is 0 Å². The summed E-state index contributed by atoms with van der Waals surface area (Å²) in [6.45, 7) is 0.737. The highest BCUT2D eigenvalue weighted by atomic mass is 16.5. The highest BCUT2D eigenvalue weighted by Gasteiger charge is 2.00. The summed E-state index contributed by atoms with van der Waals surface area (Å²) >= 11 is 0. The zero-order valence-electron chi connectivity index (χ0n) is 6.62. The lowest BCUT2D eigenvalue weighted by molar-refractivity contribution is -0.121. The molecule has 1 aromatic heterocycles. The third-order valence-corrected chi connectivity index (χ3v) is 1.32. The van der Waals surface area contributed by atoms with E-state index in [-0.39, 0.29) is 5.91 Å². The Morgan fingerprint density at radius 1 is 1.75 bits per heavy atom. The summed E-state index contributed by atoms with van der Waals surface area (Å²) in [5, 5.41) is 6.13. The van der Waals surface area contributed by atoms with Crippen molar-refractivity contribution in [3.8, 4) is 0 Å². The molecule has 12 heavy (non-hydrogen) atoms. The summed E-state index contributed by atoms with van der Waals surface area (Å²) in [5.74, 6) is 0.564. The highest BCUT2D eigenvalue weighted by Crippen LogP contribution is 1.94. The van der Waals surface area contributed by atoms with Crippen LogP contribution in [0.4, 0.5) is 0 Å². The molecule has 0 bridgehead atoms. The summed E-state index contributed by atoms with van der Waals surface area (Å²) in [7, 11) is 0. The van der Waals surface area contributed by atoms with Crippen molar-refractivity contribution in [2.75, 3.05) is 6.54 Å². The van der Waals surface area contributed by atoms with Gasteiger partial charge in [-0.3, -0.25) is 4.79 Å². The molecule has 1 rings (SSSR count). The highest BCUT2D eigenvalue weighted by molar-refractivity contribution is 5.75. The van der Waals surface area contributed by atoms with Gasteiger partial charge in [0.25, 0.3) is 0 Å². The number of nitrogens with zero attached hydrogens (tertiary/aromatic N) is 1. The zero-order valence-corrected chi connectivity index (χ0v) is 6.62. The number of aromatic nitrogens is 1. The van der Waals surface area contributed by atoms with Crippen molar-refractivity contribution in [3.63, 3.8) is 0 Å². The Kier molecular flexibility index (Phi) is 3.28. The fourth-order valence-corrected chi connectivity index (χ4v) is 0.739. The Morgan fingerprint density at radius 3 is 3.17 bits per heavy atom. The second-order valence-corrected chi connectivity index (χ2v) is 2.29. The molecule has 1 heterocycles. The van der Waals surface area contributed by atoms with Crippen LogP contribution in [0.5, 0.6) is 0 Å². The van der Waals surface area contributed by atoms with Gasteiger partial charge in [-0.2, -0.15) is 0 Å². The van der Waals surface area contributed by atoms with Crippen LogP contribution in [0.2, 0.25) is 0 Å². The fourth-order valence-electron chi connectivity index (χ4n) is 0.739. The van der Waals surface area contributed by atoms with E-state index in [0.29, 0.717) is 25.3 Å². The van der Waals surface area contributed by atoms with Crippen molar-refractivity contribution in [2.24, 2.45) is 5.73 Å². The molecule has 0 aromatic carbocycles. The Hall–Kier alpha value is -1.36. The van der Waals surface area contributed by atoms with Gasteiger partial charge in [-0.25, -0.2) is 0 Å². The molecule has 1 amide bonds. The minimum absolute atomic E-state index is 0.0751. The van der Waals surface area contributed by atoms with Gasteiger partial charge in [0.1, 0.15) is 0 Å². The maximum Gasteiger partial charge on any atom is 0.221 e. The minimum Gasteiger partial charge on any atom is -0.360 e. The molecule has 3 N–H and O–H groups in total. The predicted octanol–water partition coefficient (Wildman–Crippen LogP) is -0.360. The first-order valence-electron chi connectivity index (χ1n) is 3.69. The predicted molar refractivity (Wildman–Crippen MR) is 42.0 cm³/mol. The molecular weight excluding hydrogens is 158 g/mol. The zero-order chi connectivity index (χ0) is 8.81. The van der Waals surface area contributed by atoms with E-state index in [2.05, 4.69) is 10.5 Å². The molecule has 1 aromatic rings. The van der Waals surface area contributed by atoms with E-state index < -0.39 is 0 Å². The largest absolute Gasteiger partial charge is 0.360 e. The van der Waals surface area contributed by atoms with Crippen molar-refractivity contribution in [1.29, 1.82) is 0 Å². The molecule has 0 atom stereocenters. The van der Waals surface area contributed by atoms with Gasteiger partial charge in [-0.1, -0.05) is 5.16 Å². The van der Waals surface area contributed by atoms with E-state index in [1.807, 2.05) is 0 Å². The van der Waals surface area contributed by atoms with Crippen LogP contribution in [0.25, 0.3) is 0 Å². The molecule has 0 fully saturated rings. The van der Waals surface area contributed by atoms with E-state index >= 15 is 0 Å². The first kappa shape index (κ1) is 8.73. The van der Waals surface area contributed by atoms with Crippen LogP contribution in [0.3, 0.4) is 0 Å². The van der Waals surface area contributed by atoms with Crippen molar-refractivity contribution in [2.45, 2.75) is 13.0 Å². The third kappa shape index (κ3) is 2.71. The minimum atomic E-state index is -0.0751. The number of nitrogens with two attached hydrogens (primary N) is 1. The lowest BCUT2D eigenvalue weighted by Gasteiger charge is -1.99. The summed E-state index contributed by atoms with van der Waals surface area (Å²) in [5.41, 5.74) is 5.18. The summed E-state index contributed by atoms with van der Waals surface area (Å²) in [6.07, 6.45) is 1.87. The van der Waals surface area contributed by atoms with E-state index in [9.17, 15) is 4.79 Å². The van der Waals surface area contributed by atoms with Crippen LogP contribution in [0.15, 0.2) is 16.8 Å². The number of rotatable bonds is 4. The molecule has 0 aliphatic rings. The Morgan fingerprint density at radius 2 is 2.58 bits per heavy atom. The van der Waals surface area contributed by atoms with E-state index in [1.54, 1.807) is 6.07 Å². The lowest BCUT2D eigenvalue weighted by atomic mass is 10.4. The van der Waals surface area contributed by atoms with Crippen LogP contribution in [0, 0.1) is 0 Å². The fraction of sp³-hybridized carbons (Fsp3) is 0.429. The Labute approximate surface area is 69.9 Å². The second kappa shape index (κ2) is 4.50. The maximum atomic E-state index is 10.9. The number of carbonyl (C=O) groups excluding carboxylic acids is 1. The van der Waals surface area contributed by atoms with Crippen LogP contribution in [-0.2, 0) is 11.3 Å². The third-order valence-electron chi connectivity index (χ3n) is 1.32. The molecule has 0 spiro atoms. The molecule has 0 aliphatic heterocycles. The molecule has 5 heteroatoms. The lowest BCUT2D eigenvalue weighted by Crippen LogP contribution is -2.24. The van der Waals surface area contributed by atoms with E-state index in [0.717, 1.165) is 0 Å². The summed E-state index contributed by atoms with van der Waals surface area (Å²) < 4.78 is 4.77. The van der Waals surface area contributed by atoms with E-state index in [4.69, 9.17) is 10.3 Å². The van der Waals surface area contributed by atoms with Gasteiger partial charge < -0.3 is 15.6 Å². The van der Waals surface area contributed by atoms with Gasteiger partial charge in [-0.15, -0.1) is 0 Å². The first-order chi connectivity index (χ1) is 5.83. The standard InChI is InChI=1S/C7H11N3O2/c8-3-1-7(11)9-5-6-2-4-10-12-6/h2,4H,1,3,5,8H2,(H,9,11). The smallest absolute Gasteiger partial charge is 0.221 e. The van der Waals surface area contributed by atoms with Crippen molar-refractivity contribution >= 4 is 5.91 Å². The number of carbonyl (C=O) groups is 1. The molecule has 0 radical (unpaired) electrons. The summed E-state index contributed by atoms with van der Waals surface area (Å²) in [6, 6.07) is 1.70. The quantitative estimate of drug-likeness (QED) is 0.645. The molecule has 5 nitrogen and oxygen atoms in total. The average molecular weight is 169 g/mol. The molecule has 66 valence electrons. The monoisotopic (exact) mass is 169 g/mol. The Balaban J connectivity index is 2.22. The molecule has 0 saturated heterocycles. The van der Waals surface area contributed by atoms with Crippen LogP contribution < -0.4 is 11.1 Å². The van der Waals surface area contributed by atoms with Gasteiger partial charge in [0, 0.05) is 19.0 Å². The second-order valence-electron chi connectivity index (χ2n) is 2.29. The average Bonchev–Trinajstić information content (AvgIpc) is 2.53. The number of hydrogen-bond acceptors (Lipinski definition) is 4.